The molecule has 4 heteroatoms. The number of halogens is 2. The van der Waals surface area contributed by atoms with E-state index >= 15 is 0 Å². The Labute approximate surface area is 108 Å². The quantitative estimate of drug-likeness (QED) is 0.908. The van der Waals surface area contributed by atoms with Crippen LogP contribution in [0.15, 0.2) is 46.2 Å². The molecule has 0 bridgehead atoms. The predicted molar refractivity (Wildman–Crippen MR) is 67.6 cm³/mol. The van der Waals surface area contributed by atoms with Gasteiger partial charge in [-0.1, -0.05) is 29.5 Å². The Balaban J connectivity index is 2.36. The molecule has 0 aromatic heterocycles. The number of aliphatic hydroxyl groups is 1. The van der Waals surface area contributed by atoms with E-state index in [1.165, 1.54) is 0 Å². The molecule has 0 atom stereocenters. The Kier molecular flexibility index (Phi) is 3.99. The number of aliphatic hydroxyl groups excluding tert-OH is 1. The molecular formula is C14H12F2OS. The lowest BCUT2D eigenvalue weighted by atomic mass is 10.1. The first-order chi connectivity index (χ1) is 8.60. The summed E-state index contributed by atoms with van der Waals surface area (Å²) in [6.07, 6.45) is 0. The van der Waals surface area contributed by atoms with Crippen LogP contribution in [0.3, 0.4) is 0 Å². The molecule has 94 valence electrons. The average molecular weight is 266 g/mol. The molecule has 0 saturated carbocycles. The Bertz CT molecular complexity index is 570. The Morgan fingerprint density at radius 3 is 2.56 bits per heavy atom. The van der Waals surface area contributed by atoms with Crippen LogP contribution in [-0.4, -0.2) is 5.11 Å². The molecule has 0 amide bonds. The second kappa shape index (κ2) is 5.50. The summed E-state index contributed by atoms with van der Waals surface area (Å²) in [5.41, 5.74) is 1.73. The van der Waals surface area contributed by atoms with Crippen LogP contribution in [-0.2, 0) is 6.61 Å². The van der Waals surface area contributed by atoms with Gasteiger partial charge in [-0.3, -0.25) is 0 Å². The van der Waals surface area contributed by atoms with E-state index in [1.807, 2.05) is 19.1 Å². The summed E-state index contributed by atoms with van der Waals surface area (Å²) in [6, 6.07) is 8.85. The highest BCUT2D eigenvalue weighted by Gasteiger charge is 2.09. The van der Waals surface area contributed by atoms with Crippen molar-refractivity contribution in [3.8, 4) is 0 Å². The van der Waals surface area contributed by atoms with Crippen LogP contribution in [0, 0.1) is 18.6 Å². The van der Waals surface area contributed by atoms with Gasteiger partial charge in [0.25, 0.3) is 0 Å². The molecule has 0 unspecified atom stereocenters. The fraction of sp³-hybridized carbons (Fsp3) is 0.143. The maximum atomic E-state index is 13.5. The SMILES string of the molecule is Cc1ccc(Sc2cc(F)ccc2F)c(CO)c1. The number of rotatable bonds is 3. The molecule has 0 radical (unpaired) electrons. The van der Waals surface area contributed by atoms with Crippen LogP contribution in [0.4, 0.5) is 8.78 Å². The van der Waals surface area contributed by atoms with Crippen LogP contribution in [0.2, 0.25) is 0 Å². The standard InChI is InChI=1S/C14H12F2OS/c1-9-2-5-13(10(6-9)8-17)18-14-7-11(15)3-4-12(14)16/h2-7,17H,8H2,1H3. The van der Waals surface area contributed by atoms with Crippen LogP contribution in [0.25, 0.3) is 0 Å². The molecule has 0 aliphatic rings. The van der Waals surface area contributed by atoms with Gasteiger partial charge in [0.2, 0.25) is 0 Å². The van der Waals surface area contributed by atoms with Gasteiger partial charge < -0.3 is 5.11 Å². The van der Waals surface area contributed by atoms with Crippen molar-refractivity contribution < 1.29 is 13.9 Å². The molecule has 2 aromatic rings. The third-order valence-electron chi connectivity index (χ3n) is 2.50. The number of aryl methyl sites for hydroxylation is 1. The molecule has 0 heterocycles. The number of benzene rings is 2. The first-order valence-electron chi connectivity index (χ1n) is 5.43. The van der Waals surface area contributed by atoms with Crippen LogP contribution < -0.4 is 0 Å². The Hall–Kier alpha value is -1.39. The van der Waals surface area contributed by atoms with E-state index in [9.17, 15) is 13.9 Å². The van der Waals surface area contributed by atoms with Crippen molar-refractivity contribution in [3.05, 3.63) is 59.2 Å². The second-order valence-electron chi connectivity index (χ2n) is 3.95. The summed E-state index contributed by atoms with van der Waals surface area (Å²) < 4.78 is 26.6. The van der Waals surface area contributed by atoms with Crippen molar-refractivity contribution in [2.45, 2.75) is 23.3 Å². The first-order valence-corrected chi connectivity index (χ1v) is 6.25. The molecule has 18 heavy (non-hydrogen) atoms. The third kappa shape index (κ3) is 2.89. The van der Waals surface area contributed by atoms with E-state index in [-0.39, 0.29) is 11.5 Å². The van der Waals surface area contributed by atoms with Crippen molar-refractivity contribution in [2.75, 3.05) is 0 Å². The van der Waals surface area contributed by atoms with Crippen molar-refractivity contribution in [3.63, 3.8) is 0 Å². The zero-order chi connectivity index (χ0) is 13.1. The maximum absolute atomic E-state index is 13.5. The number of hydrogen-bond acceptors (Lipinski definition) is 2. The number of hydrogen-bond donors (Lipinski definition) is 1. The van der Waals surface area contributed by atoms with Crippen LogP contribution in [0.1, 0.15) is 11.1 Å². The average Bonchev–Trinajstić information content (AvgIpc) is 2.36. The van der Waals surface area contributed by atoms with Crippen molar-refractivity contribution >= 4 is 11.8 Å². The summed E-state index contributed by atoms with van der Waals surface area (Å²) >= 11 is 1.11. The lowest BCUT2D eigenvalue weighted by Crippen LogP contribution is -1.90. The molecule has 0 aliphatic carbocycles. The molecule has 0 spiro atoms. The van der Waals surface area contributed by atoms with Gasteiger partial charge in [-0.05, 0) is 36.8 Å². The van der Waals surface area contributed by atoms with E-state index in [0.717, 1.165) is 40.4 Å². The summed E-state index contributed by atoms with van der Waals surface area (Å²) in [5, 5.41) is 9.26. The Morgan fingerprint density at radius 2 is 1.83 bits per heavy atom. The smallest absolute Gasteiger partial charge is 0.137 e. The monoisotopic (exact) mass is 266 g/mol. The Morgan fingerprint density at radius 1 is 1.06 bits per heavy atom. The van der Waals surface area contributed by atoms with E-state index < -0.39 is 11.6 Å². The fourth-order valence-corrected chi connectivity index (χ4v) is 2.57. The summed E-state index contributed by atoms with van der Waals surface area (Å²) in [6.45, 7) is 1.79. The van der Waals surface area contributed by atoms with E-state index in [0.29, 0.717) is 5.56 Å². The highest BCUT2D eigenvalue weighted by Crippen LogP contribution is 2.33. The van der Waals surface area contributed by atoms with Gasteiger partial charge in [0.15, 0.2) is 0 Å². The molecule has 1 N–H and O–H groups in total. The van der Waals surface area contributed by atoms with E-state index in [2.05, 4.69) is 0 Å². The van der Waals surface area contributed by atoms with Gasteiger partial charge >= 0.3 is 0 Å². The van der Waals surface area contributed by atoms with Gasteiger partial charge in [0.1, 0.15) is 11.6 Å². The lowest BCUT2D eigenvalue weighted by Gasteiger charge is -2.09. The van der Waals surface area contributed by atoms with Gasteiger partial charge in [-0.25, -0.2) is 8.78 Å². The molecule has 0 aliphatic heterocycles. The molecule has 2 rings (SSSR count). The summed E-state index contributed by atoms with van der Waals surface area (Å²) in [7, 11) is 0. The fourth-order valence-electron chi connectivity index (χ4n) is 1.61. The molecular weight excluding hydrogens is 254 g/mol. The van der Waals surface area contributed by atoms with Crippen molar-refractivity contribution in [2.24, 2.45) is 0 Å². The highest BCUT2D eigenvalue weighted by atomic mass is 32.2. The summed E-state index contributed by atoms with van der Waals surface area (Å²) in [4.78, 5) is 0.946. The van der Waals surface area contributed by atoms with E-state index in [4.69, 9.17) is 0 Å². The maximum Gasteiger partial charge on any atom is 0.137 e. The van der Waals surface area contributed by atoms with Gasteiger partial charge in [-0.15, -0.1) is 0 Å². The van der Waals surface area contributed by atoms with Gasteiger partial charge in [-0.2, -0.15) is 0 Å². The van der Waals surface area contributed by atoms with Gasteiger partial charge in [0, 0.05) is 4.90 Å². The molecule has 1 nitrogen and oxygen atoms in total. The minimum Gasteiger partial charge on any atom is -0.392 e. The minimum atomic E-state index is -0.475. The zero-order valence-electron chi connectivity index (χ0n) is 9.78. The van der Waals surface area contributed by atoms with Crippen LogP contribution >= 0.6 is 11.8 Å². The molecule has 0 fully saturated rings. The second-order valence-corrected chi connectivity index (χ2v) is 5.03. The summed E-state index contributed by atoms with van der Waals surface area (Å²) in [5.74, 6) is -0.942. The zero-order valence-corrected chi connectivity index (χ0v) is 10.6. The van der Waals surface area contributed by atoms with Crippen LogP contribution in [0.5, 0.6) is 0 Å². The normalized spacial score (nSPS) is 10.7. The minimum absolute atomic E-state index is 0.124. The van der Waals surface area contributed by atoms with E-state index in [1.54, 1.807) is 6.07 Å². The largest absolute Gasteiger partial charge is 0.392 e. The third-order valence-corrected chi connectivity index (χ3v) is 3.65. The van der Waals surface area contributed by atoms with Crippen molar-refractivity contribution in [1.29, 1.82) is 0 Å². The predicted octanol–water partition coefficient (Wildman–Crippen LogP) is 3.92. The molecule has 2 aromatic carbocycles. The lowest BCUT2D eigenvalue weighted by molar-refractivity contribution is 0.279. The highest BCUT2D eigenvalue weighted by molar-refractivity contribution is 7.99. The van der Waals surface area contributed by atoms with Gasteiger partial charge in [0.05, 0.1) is 11.5 Å². The topological polar surface area (TPSA) is 20.2 Å². The van der Waals surface area contributed by atoms with Crippen molar-refractivity contribution in [1.82, 2.24) is 0 Å². The molecule has 0 saturated heterocycles. The first kappa shape index (κ1) is 13.1.